The number of methoxy groups -OCH3 is 1. The van der Waals surface area contributed by atoms with Gasteiger partial charge in [0.15, 0.2) is 0 Å². The molecule has 25 heavy (non-hydrogen) atoms. The predicted octanol–water partition coefficient (Wildman–Crippen LogP) is 3.36. The molecule has 1 N–H and O–H groups in total. The van der Waals surface area contributed by atoms with E-state index in [1.807, 2.05) is 44.4 Å². The minimum Gasteiger partial charge on any atom is -0.467 e. The number of esters is 1. The fraction of sp³-hybridized carbons (Fsp3) is 0.421. The SMILES string of the molecule is COC(=O)C(CC(C)C)NC(=O)Cc1csc(-c2cccc(C)c2)n1. The fourth-order valence-electron chi connectivity index (χ4n) is 2.54. The van der Waals surface area contributed by atoms with Crippen LogP contribution in [0.1, 0.15) is 31.5 Å². The molecule has 1 aromatic carbocycles. The summed E-state index contributed by atoms with van der Waals surface area (Å²) in [7, 11) is 1.33. The highest BCUT2D eigenvalue weighted by Gasteiger charge is 2.23. The summed E-state index contributed by atoms with van der Waals surface area (Å²) in [6, 6.07) is 7.48. The number of amides is 1. The lowest BCUT2D eigenvalue weighted by molar-refractivity contribution is -0.145. The Kier molecular flexibility index (Phi) is 6.70. The topological polar surface area (TPSA) is 68.3 Å². The molecule has 0 aliphatic carbocycles. The average Bonchev–Trinajstić information content (AvgIpc) is 3.01. The Balaban J connectivity index is 2.01. The molecule has 0 fully saturated rings. The van der Waals surface area contributed by atoms with Crippen LogP contribution in [-0.2, 0) is 20.7 Å². The number of hydrogen-bond acceptors (Lipinski definition) is 5. The number of aryl methyl sites for hydroxylation is 1. The minimum atomic E-state index is -0.618. The van der Waals surface area contributed by atoms with E-state index < -0.39 is 12.0 Å². The molecule has 0 saturated heterocycles. The predicted molar refractivity (Wildman–Crippen MR) is 99.4 cm³/mol. The summed E-state index contributed by atoms with van der Waals surface area (Å²) in [5.41, 5.74) is 2.91. The van der Waals surface area contributed by atoms with E-state index in [-0.39, 0.29) is 18.2 Å². The third kappa shape index (κ3) is 5.67. The van der Waals surface area contributed by atoms with E-state index in [2.05, 4.69) is 16.4 Å². The molecule has 0 radical (unpaired) electrons. The molecular formula is C19H24N2O3S. The Hall–Kier alpha value is -2.21. The van der Waals surface area contributed by atoms with Gasteiger partial charge in [-0.25, -0.2) is 9.78 Å². The number of ether oxygens (including phenoxy) is 1. The van der Waals surface area contributed by atoms with Gasteiger partial charge in [0.2, 0.25) is 5.91 Å². The summed E-state index contributed by atoms with van der Waals surface area (Å²) < 4.78 is 4.77. The van der Waals surface area contributed by atoms with Gasteiger partial charge in [-0.15, -0.1) is 11.3 Å². The van der Waals surface area contributed by atoms with Crippen LogP contribution < -0.4 is 5.32 Å². The highest BCUT2D eigenvalue weighted by molar-refractivity contribution is 7.13. The van der Waals surface area contributed by atoms with Crippen LogP contribution in [0.4, 0.5) is 0 Å². The van der Waals surface area contributed by atoms with E-state index in [4.69, 9.17) is 4.74 Å². The Morgan fingerprint density at radius 3 is 2.72 bits per heavy atom. The van der Waals surface area contributed by atoms with Gasteiger partial charge in [0.1, 0.15) is 11.0 Å². The maximum Gasteiger partial charge on any atom is 0.328 e. The van der Waals surface area contributed by atoms with Crippen molar-refractivity contribution < 1.29 is 14.3 Å². The Morgan fingerprint density at radius 2 is 2.08 bits per heavy atom. The molecule has 1 atom stereocenters. The molecule has 0 bridgehead atoms. The van der Waals surface area contributed by atoms with E-state index in [9.17, 15) is 9.59 Å². The van der Waals surface area contributed by atoms with Crippen molar-refractivity contribution in [1.82, 2.24) is 10.3 Å². The van der Waals surface area contributed by atoms with Crippen LogP contribution in [0.25, 0.3) is 10.6 Å². The standard InChI is InChI=1S/C19H24N2O3S/c1-12(2)8-16(19(23)24-4)21-17(22)10-15-11-25-18(20-15)14-7-5-6-13(3)9-14/h5-7,9,11-12,16H,8,10H2,1-4H3,(H,21,22). The number of benzene rings is 1. The molecule has 0 spiro atoms. The van der Waals surface area contributed by atoms with E-state index >= 15 is 0 Å². The lowest BCUT2D eigenvalue weighted by Gasteiger charge is -2.18. The second kappa shape index (κ2) is 8.76. The Bertz CT molecular complexity index is 740. The third-order valence-electron chi connectivity index (χ3n) is 3.69. The molecule has 5 nitrogen and oxygen atoms in total. The van der Waals surface area contributed by atoms with E-state index in [0.29, 0.717) is 12.1 Å². The van der Waals surface area contributed by atoms with Crippen LogP contribution >= 0.6 is 11.3 Å². The molecule has 6 heteroatoms. The summed E-state index contributed by atoms with van der Waals surface area (Å²) in [6.45, 7) is 6.03. The van der Waals surface area contributed by atoms with Crippen LogP contribution in [0.5, 0.6) is 0 Å². The van der Waals surface area contributed by atoms with Crippen molar-refractivity contribution in [3.05, 3.63) is 40.9 Å². The van der Waals surface area contributed by atoms with Crippen molar-refractivity contribution in [2.75, 3.05) is 7.11 Å². The van der Waals surface area contributed by atoms with Gasteiger partial charge in [0, 0.05) is 10.9 Å². The summed E-state index contributed by atoms with van der Waals surface area (Å²) in [6.07, 6.45) is 0.692. The number of carbonyl (C=O) groups excluding carboxylic acids is 2. The molecule has 2 aromatic rings. The first-order valence-electron chi connectivity index (χ1n) is 8.27. The zero-order chi connectivity index (χ0) is 18.4. The van der Waals surface area contributed by atoms with Gasteiger partial charge < -0.3 is 10.1 Å². The molecule has 0 saturated carbocycles. The highest BCUT2D eigenvalue weighted by Crippen LogP contribution is 2.24. The van der Waals surface area contributed by atoms with Crippen molar-refractivity contribution in [3.63, 3.8) is 0 Å². The smallest absolute Gasteiger partial charge is 0.328 e. The molecule has 0 aliphatic rings. The fourth-order valence-corrected chi connectivity index (χ4v) is 3.35. The number of carbonyl (C=O) groups is 2. The monoisotopic (exact) mass is 360 g/mol. The molecule has 1 heterocycles. The first kappa shape index (κ1) is 19.1. The average molecular weight is 360 g/mol. The molecular weight excluding hydrogens is 336 g/mol. The normalized spacial score (nSPS) is 12.0. The molecule has 2 rings (SSSR count). The van der Waals surface area contributed by atoms with Crippen molar-refractivity contribution >= 4 is 23.2 Å². The number of nitrogens with one attached hydrogen (secondary N) is 1. The lowest BCUT2D eigenvalue weighted by Crippen LogP contribution is -2.43. The quantitative estimate of drug-likeness (QED) is 0.769. The van der Waals surface area contributed by atoms with E-state index in [1.54, 1.807) is 0 Å². The maximum atomic E-state index is 12.3. The second-order valence-electron chi connectivity index (χ2n) is 6.46. The summed E-state index contributed by atoms with van der Waals surface area (Å²) in [4.78, 5) is 28.6. The number of nitrogens with zero attached hydrogens (tertiary/aromatic N) is 1. The van der Waals surface area contributed by atoms with Gasteiger partial charge in [-0.3, -0.25) is 4.79 Å². The van der Waals surface area contributed by atoms with Crippen LogP contribution in [0.15, 0.2) is 29.6 Å². The number of rotatable bonds is 7. The second-order valence-corrected chi connectivity index (χ2v) is 7.32. The zero-order valence-electron chi connectivity index (χ0n) is 15.0. The minimum absolute atomic E-state index is 0.147. The molecule has 1 aromatic heterocycles. The largest absolute Gasteiger partial charge is 0.467 e. The van der Waals surface area contributed by atoms with Gasteiger partial charge in [-0.1, -0.05) is 37.6 Å². The summed E-state index contributed by atoms with van der Waals surface area (Å²) in [5.74, 6) is -0.366. The number of aromatic nitrogens is 1. The van der Waals surface area contributed by atoms with Gasteiger partial charge in [-0.05, 0) is 25.3 Å². The van der Waals surface area contributed by atoms with E-state index in [0.717, 1.165) is 10.6 Å². The Labute approximate surface area is 152 Å². The maximum absolute atomic E-state index is 12.3. The van der Waals surface area contributed by atoms with Crippen molar-refractivity contribution in [3.8, 4) is 10.6 Å². The van der Waals surface area contributed by atoms with Crippen LogP contribution in [0.3, 0.4) is 0 Å². The summed E-state index contributed by atoms with van der Waals surface area (Å²) >= 11 is 1.51. The van der Waals surface area contributed by atoms with Crippen molar-refractivity contribution in [2.45, 2.75) is 39.7 Å². The molecule has 1 unspecified atom stereocenters. The highest BCUT2D eigenvalue weighted by atomic mass is 32.1. The van der Waals surface area contributed by atoms with Crippen LogP contribution in [0.2, 0.25) is 0 Å². The van der Waals surface area contributed by atoms with Crippen LogP contribution in [0, 0.1) is 12.8 Å². The third-order valence-corrected chi connectivity index (χ3v) is 4.63. The first-order valence-corrected chi connectivity index (χ1v) is 9.15. The number of hydrogen-bond donors (Lipinski definition) is 1. The summed E-state index contributed by atoms with van der Waals surface area (Å²) in [5, 5.41) is 5.53. The molecule has 0 aliphatic heterocycles. The first-order chi connectivity index (χ1) is 11.9. The Morgan fingerprint density at radius 1 is 1.32 bits per heavy atom. The van der Waals surface area contributed by atoms with Gasteiger partial charge in [0.05, 0.1) is 19.2 Å². The molecule has 134 valence electrons. The van der Waals surface area contributed by atoms with Crippen molar-refractivity contribution in [1.29, 1.82) is 0 Å². The van der Waals surface area contributed by atoms with Gasteiger partial charge in [0.25, 0.3) is 0 Å². The number of thiazole rings is 1. The zero-order valence-corrected chi connectivity index (χ0v) is 15.9. The lowest BCUT2D eigenvalue weighted by atomic mass is 10.0. The van der Waals surface area contributed by atoms with Crippen molar-refractivity contribution in [2.24, 2.45) is 5.92 Å². The van der Waals surface area contributed by atoms with Gasteiger partial charge in [-0.2, -0.15) is 0 Å². The van der Waals surface area contributed by atoms with Crippen LogP contribution in [-0.4, -0.2) is 30.0 Å². The molecule has 1 amide bonds. The van der Waals surface area contributed by atoms with E-state index in [1.165, 1.54) is 24.0 Å². The van der Waals surface area contributed by atoms with Gasteiger partial charge >= 0.3 is 5.97 Å².